The van der Waals surface area contributed by atoms with Crippen molar-refractivity contribution in [1.82, 2.24) is 20.2 Å². The maximum Gasteiger partial charge on any atom is 0.255 e. The predicted molar refractivity (Wildman–Crippen MR) is 89.4 cm³/mol. The molecule has 0 atom stereocenters. The van der Waals surface area contributed by atoms with E-state index in [1.807, 2.05) is 18.2 Å². The number of hydrogen-bond acceptors (Lipinski definition) is 5. The SMILES string of the molecule is CN1CCN(c2ncccc2C(=O)NCc2cccnc2)CC1. The van der Waals surface area contributed by atoms with Crippen LogP contribution in [0, 0.1) is 0 Å². The Labute approximate surface area is 136 Å². The van der Waals surface area contributed by atoms with Gasteiger partial charge in [0.1, 0.15) is 5.82 Å². The van der Waals surface area contributed by atoms with Gasteiger partial charge in [0.15, 0.2) is 0 Å². The van der Waals surface area contributed by atoms with Gasteiger partial charge in [0.2, 0.25) is 0 Å². The first-order chi connectivity index (χ1) is 11.2. The fraction of sp³-hybridized carbons (Fsp3) is 0.353. The number of rotatable bonds is 4. The summed E-state index contributed by atoms with van der Waals surface area (Å²) in [6.45, 7) is 4.19. The molecule has 0 saturated carbocycles. The van der Waals surface area contributed by atoms with Crippen LogP contribution >= 0.6 is 0 Å². The molecule has 1 aliphatic heterocycles. The van der Waals surface area contributed by atoms with Gasteiger partial charge in [0.25, 0.3) is 5.91 Å². The Balaban J connectivity index is 1.70. The van der Waals surface area contributed by atoms with Crippen LogP contribution in [0.1, 0.15) is 15.9 Å². The number of carbonyl (C=O) groups excluding carboxylic acids is 1. The maximum atomic E-state index is 12.5. The molecule has 0 unspecified atom stereocenters. The van der Waals surface area contributed by atoms with E-state index < -0.39 is 0 Å². The number of amides is 1. The summed E-state index contributed by atoms with van der Waals surface area (Å²) in [6, 6.07) is 7.44. The minimum Gasteiger partial charge on any atom is -0.353 e. The van der Waals surface area contributed by atoms with E-state index in [1.54, 1.807) is 24.7 Å². The van der Waals surface area contributed by atoms with Crippen LogP contribution in [0.4, 0.5) is 5.82 Å². The quantitative estimate of drug-likeness (QED) is 0.918. The number of likely N-dealkylation sites (N-methyl/N-ethyl adjacent to an activating group) is 1. The summed E-state index contributed by atoms with van der Waals surface area (Å²) in [5.41, 5.74) is 1.60. The summed E-state index contributed by atoms with van der Waals surface area (Å²) in [6.07, 6.45) is 5.22. The fourth-order valence-electron chi connectivity index (χ4n) is 2.62. The molecular formula is C17H21N5O. The van der Waals surface area contributed by atoms with Gasteiger partial charge in [0, 0.05) is 51.3 Å². The second-order valence-corrected chi connectivity index (χ2v) is 5.71. The van der Waals surface area contributed by atoms with Crippen LogP contribution in [-0.4, -0.2) is 54.0 Å². The van der Waals surface area contributed by atoms with Gasteiger partial charge in [-0.05, 0) is 30.8 Å². The van der Waals surface area contributed by atoms with Crippen molar-refractivity contribution >= 4 is 11.7 Å². The standard InChI is InChI=1S/C17H21N5O/c1-21-8-10-22(11-9-21)16-15(5-3-7-19-16)17(23)20-13-14-4-2-6-18-12-14/h2-7,12H,8-11,13H2,1H3,(H,20,23). The normalized spacial score (nSPS) is 15.4. The van der Waals surface area contributed by atoms with Crippen LogP contribution in [0.2, 0.25) is 0 Å². The molecule has 0 aromatic carbocycles. The lowest BCUT2D eigenvalue weighted by atomic mass is 10.2. The second kappa shape index (κ2) is 7.19. The molecule has 0 spiro atoms. The molecular weight excluding hydrogens is 290 g/mol. The predicted octanol–water partition coefficient (Wildman–Crippen LogP) is 1.16. The monoisotopic (exact) mass is 311 g/mol. The largest absolute Gasteiger partial charge is 0.353 e. The number of carbonyl (C=O) groups is 1. The van der Waals surface area contributed by atoms with Gasteiger partial charge >= 0.3 is 0 Å². The van der Waals surface area contributed by atoms with Crippen molar-refractivity contribution in [2.75, 3.05) is 38.1 Å². The van der Waals surface area contributed by atoms with Crippen molar-refractivity contribution in [2.45, 2.75) is 6.54 Å². The zero-order valence-electron chi connectivity index (χ0n) is 13.3. The third-order valence-electron chi connectivity index (χ3n) is 4.01. The van der Waals surface area contributed by atoms with Gasteiger partial charge < -0.3 is 15.1 Å². The van der Waals surface area contributed by atoms with E-state index in [0.717, 1.165) is 37.6 Å². The lowest BCUT2D eigenvalue weighted by molar-refractivity contribution is 0.0951. The first-order valence-electron chi connectivity index (χ1n) is 7.79. The van der Waals surface area contributed by atoms with Gasteiger partial charge in [-0.1, -0.05) is 6.07 Å². The summed E-state index contributed by atoms with van der Waals surface area (Å²) in [4.78, 5) is 25.5. The van der Waals surface area contributed by atoms with Crippen molar-refractivity contribution < 1.29 is 4.79 Å². The second-order valence-electron chi connectivity index (χ2n) is 5.71. The van der Waals surface area contributed by atoms with Crippen molar-refractivity contribution in [2.24, 2.45) is 0 Å². The van der Waals surface area contributed by atoms with Crippen LogP contribution in [-0.2, 0) is 6.54 Å². The first-order valence-corrected chi connectivity index (χ1v) is 7.79. The summed E-state index contributed by atoms with van der Waals surface area (Å²) >= 11 is 0. The molecule has 2 aromatic rings. The number of piperazine rings is 1. The molecule has 120 valence electrons. The Bertz CT molecular complexity index is 653. The van der Waals surface area contributed by atoms with E-state index in [1.165, 1.54) is 0 Å². The van der Waals surface area contributed by atoms with Crippen LogP contribution in [0.5, 0.6) is 0 Å². The minimum atomic E-state index is -0.101. The van der Waals surface area contributed by atoms with Crippen LogP contribution in [0.15, 0.2) is 42.9 Å². The molecule has 0 aliphatic carbocycles. The Morgan fingerprint density at radius 1 is 1.17 bits per heavy atom. The molecule has 0 radical (unpaired) electrons. The Kier molecular flexibility index (Phi) is 4.83. The van der Waals surface area contributed by atoms with Gasteiger partial charge in [0.05, 0.1) is 5.56 Å². The molecule has 23 heavy (non-hydrogen) atoms. The van der Waals surface area contributed by atoms with Gasteiger partial charge in [-0.2, -0.15) is 0 Å². The molecule has 2 aromatic heterocycles. The third-order valence-corrected chi connectivity index (χ3v) is 4.01. The summed E-state index contributed by atoms with van der Waals surface area (Å²) in [5.74, 6) is 0.667. The Morgan fingerprint density at radius 2 is 1.96 bits per heavy atom. The molecule has 3 heterocycles. The zero-order chi connectivity index (χ0) is 16.1. The highest BCUT2D eigenvalue weighted by Crippen LogP contribution is 2.18. The number of nitrogens with zero attached hydrogens (tertiary/aromatic N) is 4. The fourth-order valence-corrected chi connectivity index (χ4v) is 2.62. The van der Waals surface area contributed by atoms with E-state index in [9.17, 15) is 4.79 Å². The van der Waals surface area contributed by atoms with Crippen LogP contribution in [0.3, 0.4) is 0 Å². The molecule has 1 fully saturated rings. The topological polar surface area (TPSA) is 61.4 Å². The highest BCUT2D eigenvalue weighted by atomic mass is 16.1. The van der Waals surface area contributed by atoms with Crippen molar-refractivity contribution in [3.05, 3.63) is 54.0 Å². The molecule has 6 nitrogen and oxygen atoms in total. The van der Waals surface area contributed by atoms with Gasteiger partial charge in [-0.25, -0.2) is 4.98 Å². The Hall–Kier alpha value is -2.47. The minimum absolute atomic E-state index is 0.101. The summed E-state index contributed by atoms with van der Waals surface area (Å²) < 4.78 is 0. The molecule has 3 rings (SSSR count). The lowest BCUT2D eigenvalue weighted by Gasteiger charge is -2.34. The van der Waals surface area contributed by atoms with E-state index >= 15 is 0 Å². The highest BCUT2D eigenvalue weighted by molar-refractivity contribution is 5.98. The molecule has 0 bridgehead atoms. The number of nitrogens with one attached hydrogen (secondary N) is 1. The molecule has 1 amide bonds. The number of aromatic nitrogens is 2. The van der Waals surface area contributed by atoms with Gasteiger partial charge in [-0.3, -0.25) is 9.78 Å². The Morgan fingerprint density at radius 3 is 2.70 bits per heavy atom. The maximum absolute atomic E-state index is 12.5. The van der Waals surface area contributed by atoms with Crippen molar-refractivity contribution in [1.29, 1.82) is 0 Å². The number of anilines is 1. The average molecular weight is 311 g/mol. The van der Waals surface area contributed by atoms with E-state index in [2.05, 4.69) is 32.1 Å². The van der Waals surface area contributed by atoms with Crippen molar-refractivity contribution in [3.8, 4) is 0 Å². The number of pyridine rings is 2. The van der Waals surface area contributed by atoms with E-state index in [4.69, 9.17) is 0 Å². The molecule has 1 saturated heterocycles. The summed E-state index contributed by atoms with van der Waals surface area (Å²) in [7, 11) is 2.11. The van der Waals surface area contributed by atoms with E-state index in [0.29, 0.717) is 12.1 Å². The van der Waals surface area contributed by atoms with Crippen LogP contribution < -0.4 is 10.2 Å². The smallest absolute Gasteiger partial charge is 0.255 e. The van der Waals surface area contributed by atoms with Crippen molar-refractivity contribution in [3.63, 3.8) is 0 Å². The first kappa shape index (κ1) is 15.4. The molecule has 1 aliphatic rings. The van der Waals surface area contributed by atoms with Gasteiger partial charge in [-0.15, -0.1) is 0 Å². The zero-order valence-corrected chi connectivity index (χ0v) is 13.3. The van der Waals surface area contributed by atoms with E-state index in [-0.39, 0.29) is 5.91 Å². The lowest BCUT2D eigenvalue weighted by Crippen LogP contribution is -2.45. The summed E-state index contributed by atoms with van der Waals surface area (Å²) in [5, 5.41) is 2.95. The number of hydrogen-bond donors (Lipinski definition) is 1. The highest BCUT2D eigenvalue weighted by Gasteiger charge is 2.20. The van der Waals surface area contributed by atoms with Crippen LogP contribution in [0.25, 0.3) is 0 Å². The molecule has 1 N–H and O–H groups in total. The average Bonchev–Trinajstić information content (AvgIpc) is 2.61. The third kappa shape index (κ3) is 3.84. The molecule has 6 heteroatoms.